The van der Waals surface area contributed by atoms with E-state index >= 15 is 0 Å². The van der Waals surface area contributed by atoms with Gasteiger partial charge in [0.15, 0.2) is 0 Å². The number of hydrogen-bond donors (Lipinski definition) is 2. The van der Waals surface area contributed by atoms with Gasteiger partial charge in [0.2, 0.25) is 5.96 Å². The summed E-state index contributed by atoms with van der Waals surface area (Å²) < 4.78 is 5.54. The molecule has 0 radical (unpaired) electrons. The van der Waals surface area contributed by atoms with Crippen LogP contribution < -0.4 is 10.6 Å². The molecular weight excluding hydrogens is 270 g/mol. The number of fused-ring (bicyclic) bond motifs is 1. The lowest BCUT2D eigenvalue weighted by atomic mass is 10.2. The summed E-state index contributed by atoms with van der Waals surface area (Å²) >= 11 is 0. The molecule has 0 bridgehead atoms. The van der Waals surface area contributed by atoms with Gasteiger partial charge in [0.25, 0.3) is 0 Å². The van der Waals surface area contributed by atoms with Crippen molar-refractivity contribution < 1.29 is 9.57 Å². The van der Waals surface area contributed by atoms with E-state index < -0.39 is 5.85 Å². The molecule has 0 spiro atoms. The standard InChI is InChI=1S/C14H17N5O2/c1-20-14-12(17-10-18-14)9-16-13(19(14)21-2)15-8-11-6-4-3-5-7-11/h3-7,9-10H,8H2,1-2H3,(H,15,16)(H,17,18). The molecule has 21 heavy (non-hydrogen) atoms. The first kappa shape index (κ1) is 13.6. The van der Waals surface area contributed by atoms with Gasteiger partial charge in [0.1, 0.15) is 5.70 Å². The predicted octanol–water partition coefficient (Wildman–Crippen LogP) is 0.782. The SMILES string of the molecule is CON1C(=NCc2ccccc2)NC=C2NC=NC21OC. The van der Waals surface area contributed by atoms with Crippen molar-refractivity contribution >= 4 is 12.3 Å². The molecule has 3 rings (SSSR count). The van der Waals surface area contributed by atoms with E-state index in [1.807, 2.05) is 30.3 Å². The van der Waals surface area contributed by atoms with Gasteiger partial charge in [0, 0.05) is 13.3 Å². The van der Waals surface area contributed by atoms with Crippen molar-refractivity contribution in [1.82, 2.24) is 15.7 Å². The average molecular weight is 287 g/mol. The minimum Gasteiger partial charge on any atom is -0.343 e. The summed E-state index contributed by atoms with van der Waals surface area (Å²) in [4.78, 5) is 14.3. The van der Waals surface area contributed by atoms with Crippen LogP contribution in [0.2, 0.25) is 0 Å². The van der Waals surface area contributed by atoms with E-state index in [4.69, 9.17) is 9.57 Å². The third-order valence-corrected chi connectivity index (χ3v) is 3.35. The van der Waals surface area contributed by atoms with Gasteiger partial charge < -0.3 is 15.4 Å². The van der Waals surface area contributed by atoms with Crippen LogP contribution in [0.1, 0.15) is 5.56 Å². The van der Waals surface area contributed by atoms with Crippen LogP contribution in [0, 0.1) is 0 Å². The minimum absolute atomic E-state index is 0.531. The van der Waals surface area contributed by atoms with E-state index in [0.29, 0.717) is 12.5 Å². The summed E-state index contributed by atoms with van der Waals surface area (Å²) in [7, 11) is 3.13. The molecule has 0 fully saturated rings. The van der Waals surface area contributed by atoms with Gasteiger partial charge in [-0.2, -0.15) is 5.06 Å². The van der Waals surface area contributed by atoms with Crippen molar-refractivity contribution in [3.8, 4) is 0 Å². The second-order valence-corrected chi connectivity index (χ2v) is 4.52. The molecular formula is C14H17N5O2. The topological polar surface area (TPSA) is 70.5 Å². The summed E-state index contributed by atoms with van der Waals surface area (Å²) in [5, 5.41) is 7.60. The molecule has 0 aliphatic carbocycles. The summed E-state index contributed by atoms with van der Waals surface area (Å²) in [5.74, 6) is -0.511. The fraction of sp³-hybridized carbons (Fsp3) is 0.286. The van der Waals surface area contributed by atoms with Crippen LogP contribution >= 0.6 is 0 Å². The van der Waals surface area contributed by atoms with Crippen molar-refractivity contribution in [2.75, 3.05) is 14.2 Å². The monoisotopic (exact) mass is 287 g/mol. The van der Waals surface area contributed by atoms with Crippen LogP contribution in [0.5, 0.6) is 0 Å². The van der Waals surface area contributed by atoms with Crippen LogP contribution in [-0.2, 0) is 16.1 Å². The summed E-state index contributed by atoms with van der Waals surface area (Å²) in [6, 6.07) is 9.99. The van der Waals surface area contributed by atoms with E-state index in [2.05, 4.69) is 20.6 Å². The Morgan fingerprint density at radius 3 is 2.76 bits per heavy atom. The second kappa shape index (κ2) is 5.55. The molecule has 0 aromatic heterocycles. The minimum atomic E-state index is -1.05. The maximum absolute atomic E-state index is 5.54. The zero-order valence-corrected chi connectivity index (χ0v) is 11.9. The molecule has 1 unspecified atom stereocenters. The number of nitrogens with zero attached hydrogens (tertiary/aromatic N) is 3. The zero-order valence-electron chi connectivity index (χ0n) is 11.9. The first-order valence-corrected chi connectivity index (χ1v) is 6.55. The van der Waals surface area contributed by atoms with E-state index in [1.54, 1.807) is 26.8 Å². The van der Waals surface area contributed by atoms with Crippen molar-refractivity contribution in [2.45, 2.75) is 12.4 Å². The Bertz CT molecular complexity index is 599. The number of methoxy groups -OCH3 is 1. The van der Waals surface area contributed by atoms with E-state index in [9.17, 15) is 0 Å². The van der Waals surface area contributed by atoms with Crippen molar-refractivity contribution in [2.24, 2.45) is 9.98 Å². The fourth-order valence-electron chi connectivity index (χ4n) is 2.30. The van der Waals surface area contributed by atoms with Crippen LogP contribution in [0.25, 0.3) is 0 Å². The Kier molecular flexibility index (Phi) is 3.59. The molecule has 110 valence electrons. The predicted molar refractivity (Wildman–Crippen MR) is 79.0 cm³/mol. The highest BCUT2D eigenvalue weighted by Gasteiger charge is 2.49. The number of rotatable bonds is 4. The average Bonchev–Trinajstić information content (AvgIpc) is 2.97. The largest absolute Gasteiger partial charge is 0.343 e. The Balaban J connectivity index is 1.88. The van der Waals surface area contributed by atoms with Crippen LogP contribution in [0.3, 0.4) is 0 Å². The van der Waals surface area contributed by atoms with Crippen molar-refractivity contribution in [1.29, 1.82) is 0 Å². The Labute approximate surface area is 122 Å². The van der Waals surface area contributed by atoms with Gasteiger partial charge in [-0.3, -0.25) is 4.84 Å². The Morgan fingerprint density at radius 1 is 1.24 bits per heavy atom. The molecule has 7 nitrogen and oxygen atoms in total. The molecule has 7 heteroatoms. The van der Waals surface area contributed by atoms with Gasteiger partial charge >= 0.3 is 5.85 Å². The molecule has 2 aliphatic rings. The maximum Gasteiger partial charge on any atom is 0.310 e. The second-order valence-electron chi connectivity index (χ2n) is 4.52. The number of aliphatic imine (C=N–C) groups is 2. The van der Waals surface area contributed by atoms with Crippen LogP contribution in [0.15, 0.2) is 52.2 Å². The molecule has 2 aliphatic heterocycles. The summed E-state index contributed by atoms with van der Waals surface area (Å²) in [6.45, 7) is 0.531. The van der Waals surface area contributed by atoms with Gasteiger partial charge in [-0.1, -0.05) is 30.3 Å². The van der Waals surface area contributed by atoms with Crippen molar-refractivity contribution in [3.63, 3.8) is 0 Å². The fourth-order valence-corrected chi connectivity index (χ4v) is 2.30. The van der Waals surface area contributed by atoms with Gasteiger partial charge in [0.05, 0.1) is 20.0 Å². The Hall–Kier alpha value is -2.38. The zero-order chi connectivity index (χ0) is 14.7. The molecule has 1 aromatic carbocycles. The third kappa shape index (κ3) is 2.26. The molecule has 1 atom stereocenters. The molecule has 2 heterocycles. The molecule has 0 amide bonds. The number of guanidine groups is 1. The lowest BCUT2D eigenvalue weighted by molar-refractivity contribution is -0.225. The van der Waals surface area contributed by atoms with Crippen LogP contribution in [-0.4, -0.2) is 37.4 Å². The molecule has 2 N–H and O–H groups in total. The van der Waals surface area contributed by atoms with Gasteiger partial charge in [-0.05, 0) is 5.56 Å². The first-order chi connectivity index (χ1) is 10.3. The number of ether oxygens (including phenoxy) is 1. The summed E-state index contributed by atoms with van der Waals surface area (Å²) in [6.07, 6.45) is 3.35. The number of hydrogen-bond acceptors (Lipinski definition) is 5. The smallest absolute Gasteiger partial charge is 0.310 e. The quantitative estimate of drug-likeness (QED) is 0.856. The Morgan fingerprint density at radius 2 is 2.05 bits per heavy atom. The third-order valence-electron chi connectivity index (χ3n) is 3.35. The van der Waals surface area contributed by atoms with E-state index in [-0.39, 0.29) is 0 Å². The van der Waals surface area contributed by atoms with E-state index in [1.165, 1.54) is 5.06 Å². The maximum atomic E-state index is 5.54. The lowest BCUT2D eigenvalue weighted by Gasteiger charge is -2.39. The van der Waals surface area contributed by atoms with Crippen LogP contribution in [0.4, 0.5) is 0 Å². The normalized spacial score (nSPS) is 25.3. The lowest BCUT2D eigenvalue weighted by Crippen LogP contribution is -2.59. The number of nitrogens with one attached hydrogen (secondary N) is 2. The number of hydroxylamine groups is 2. The van der Waals surface area contributed by atoms with Gasteiger partial charge in [-0.25, -0.2) is 9.98 Å². The highest BCUT2D eigenvalue weighted by atomic mass is 16.7. The van der Waals surface area contributed by atoms with Gasteiger partial charge in [-0.15, -0.1) is 0 Å². The van der Waals surface area contributed by atoms with Crippen molar-refractivity contribution in [3.05, 3.63) is 47.8 Å². The highest BCUT2D eigenvalue weighted by molar-refractivity contribution is 5.84. The molecule has 0 saturated heterocycles. The molecule has 1 aromatic rings. The summed E-state index contributed by atoms with van der Waals surface area (Å²) in [5.41, 5.74) is 1.85. The molecule has 0 saturated carbocycles. The highest BCUT2D eigenvalue weighted by Crippen LogP contribution is 2.31. The number of benzene rings is 1. The van der Waals surface area contributed by atoms with E-state index in [0.717, 1.165) is 11.3 Å². The first-order valence-electron chi connectivity index (χ1n) is 6.55.